The van der Waals surface area contributed by atoms with E-state index in [2.05, 4.69) is 114 Å². The number of rotatable bonds is 14. The maximum Gasteiger partial charge on any atom is 0.133 e. The van der Waals surface area contributed by atoms with Gasteiger partial charge in [-0.3, -0.25) is 0 Å². The molecule has 0 aliphatic rings. The number of aromatic nitrogens is 2. The predicted octanol–water partition coefficient (Wildman–Crippen LogP) is 15.6. The van der Waals surface area contributed by atoms with Crippen LogP contribution in [0.25, 0.3) is 43.4 Å². The molecule has 0 amide bonds. The van der Waals surface area contributed by atoms with Gasteiger partial charge in [-0.1, -0.05) is 201 Å². The molecule has 364 valence electrons. The van der Waals surface area contributed by atoms with Gasteiger partial charge in [-0.2, -0.15) is 0 Å². The van der Waals surface area contributed by atoms with Gasteiger partial charge >= 0.3 is 0 Å². The third-order valence-corrected chi connectivity index (χ3v) is 15.3. The monoisotopic (exact) mass is 1120 g/mol. The molecule has 4 atom stereocenters. The summed E-state index contributed by atoms with van der Waals surface area (Å²) in [5, 5.41) is 32.9. The summed E-state index contributed by atoms with van der Waals surface area (Å²) >= 11 is 21.0. The van der Waals surface area contributed by atoms with Crippen LogP contribution in [0.1, 0.15) is 58.1 Å². The van der Waals surface area contributed by atoms with Gasteiger partial charge in [0.25, 0.3) is 0 Å². The fraction of sp³-hybridized carbons (Fsp3) is 0.194. The van der Waals surface area contributed by atoms with Crippen LogP contribution in [-0.4, -0.2) is 71.3 Å². The van der Waals surface area contributed by atoms with Crippen LogP contribution in [0.4, 0.5) is 0 Å². The van der Waals surface area contributed by atoms with Gasteiger partial charge in [0.1, 0.15) is 21.5 Å². The van der Waals surface area contributed by atoms with E-state index >= 15 is 0 Å². The molecule has 0 bridgehead atoms. The van der Waals surface area contributed by atoms with Gasteiger partial charge in [0.05, 0.1) is 11.0 Å². The van der Waals surface area contributed by atoms with Gasteiger partial charge in [-0.15, -0.1) is 0 Å². The molecule has 10 aromatic rings. The van der Waals surface area contributed by atoms with Gasteiger partial charge in [0, 0.05) is 55.8 Å². The quantitative estimate of drug-likeness (QED) is 0.106. The molecule has 0 saturated heterocycles. The van der Waals surface area contributed by atoms with Crippen LogP contribution >= 0.6 is 55.1 Å². The first-order valence-corrected chi connectivity index (χ1v) is 26.4. The van der Waals surface area contributed by atoms with Crippen molar-refractivity contribution in [1.29, 1.82) is 0 Å². The molecule has 6 nitrogen and oxygen atoms in total. The summed E-state index contributed by atoms with van der Waals surface area (Å²) in [6.07, 6.45) is 1.03. The molecule has 2 heterocycles. The first-order valence-electron chi connectivity index (χ1n) is 24.1. The molecule has 0 aliphatic heterocycles. The van der Waals surface area contributed by atoms with E-state index in [1.807, 2.05) is 150 Å². The molecule has 10 rings (SSSR count). The van der Waals surface area contributed by atoms with Crippen LogP contribution in [-0.2, 0) is 11.2 Å². The average molecular weight is 1120 g/mol. The lowest BCUT2D eigenvalue weighted by Gasteiger charge is -2.39. The maximum absolute atomic E-state index is 12.9. The number of pyridine rings is 2. The molecule has 0 saturated carbocycles. The second-order valence-corrected chi connectivity index (χ2v) is 21.7. The summed E-state index contributed by atoms with van der Waals surface area (Å²) in [5.74, 6) is -0.874. The molecule has 8 aromatic carbocycles. The second-order valence-electron chi connectivity index (χ2n) is 19.1. The summed E-state index contributed by atoms with van der Waals surface area (Å²) in [6.45, 7) is 1.40. The fourth-order valence-electron chi connectivity index (χ4n) is 10.3. The topological polar surface area (TPSA) is 72.7 Å². The first-order chi connectivity index (χ1) is 34.7. The highest BCUT2D eigenvalue weighted by molar-refractivity contribution is 9.10. The molecule has 10 heteroatoms. The number of nitrogens with zero attached hydrogens (tertiary/aromatic N) is 4. The molecule has 0 fully saturated rings. The van der Waals surface area contributed by atoms with Crippen molar-refractivity contribution in [2.24, 2.45) is 0 Å². The van der Waals surface area contributed by atoms with Crippen molar-refractivity contribution < 1.29 is 10.2 Å². The minimum absolute atomic E-state index is 0.405. The van der Waals surface area contributed by atoms with Crippen molar-refractivity contribution in [2.45, 2.75) is 35.9 Å². The molecular weight excluding hydrogens is 1060 g/mol. The van der Waals surface area contributed by atoms with Gasteiger partial charge in [-0.25, -0.2) is 9.97 Å². The van der Waals surface area contributed by atoms with E-state index in [-0.39, 0.29) is 0 Å². The summed E-state index contributed by atoms with van der Waals surface area (Å²) in [5.41, 5.74) is 4.51. The minimum atomic E-state index is -1.25. The van der Waals surface area contributed by atoms with Crippen molar-refractivity contribution in [2.75, 3.05) is 41.3 Å². The number of benzene rings is 8. The Morgan fingerprint density at radius 3 is 1.19 bits per heavy atom. The van der Waals surface area contributed by atoms with Crippen molar-refractivity contribution in [3.63, 3.8) is 0 Å². The van der Waals surface area contributed by atoms with E-state index in [0.29, 0.717) is 36.2 Å². The van der Waals surface area contributed by atoms with Crippen molar-refractivity contribution in [3.8, 4) is 0 Å². The highest BCUT2D eigenvalue weighted by atomic mass is 79.9. The Morgan fingerprint density at radius 2 is 0.806 bits per heavy atom. The number of aliphatic hydroxyl groups is 2. The van der Waals surface area contributed by atoms with E-state index in [0.717, 1.165) is 85.7 Å². The van der Waals surface area contributed by atoms with Crippen molar-refractivity contribution in [1.82, 2.24) is 19.8 Å². The molecule has 0 aliphatic carbocycles. The van der Waals surface area contributed by atoms with Gasteiger partial charge < -0.3 is 20.0 Å². The lowest BCUT2D eigenvalue weighted by Crippen LogP contribution is -2.38. The number of hydrogen-bond donors (Lipinski definition) is 2. The minimum Gasteiger partial charge on any atom is -0.384 e. The maximum atomic E-state index is 12.9. The molecule has 0 unspecified atom stereocenters. The molecule has 2 N–H and O–H groups in total. The Hall–Kier alpha value is -5.52. The largest absolute Gasteiger partial charge is 0.384 e. The summed E-state index contributed by atoms with van der Waals surface area (Å²) < 4.78 is 1.94. The number of hydrogen-bond acceptors (Lipinski definition) is 6. The molecule has 0 spiro atoms. The normalized spacial score (nSPS) is 14.3. The zero-order chi connectivity index (χ0) is 50.6. The Labute approximate surface area is 449 Å². The Kier molecular flexibility index (Phi) is 15.9. The standard InChI is InChI=1S/2C31H28BrClN2O/c2*1-35(2)18-17-31(36,27-14-8-12-21-9-6-7-13-25(21)27)29(22-10-4-3-5-11-22)26-20-23-19-24(32)15-16-28(23)34-30(26)33/h2*3-16,19-20,29,36H,17-18H2,1-2H3/t2*29-,31+/m10/s1. The second kappa shape index (κ2) is 22.3. The van der Waals surface area contributed by atoms with E-state index in [9.17, 15) is 10.2 Å². The third-order valence-electron chi connectivity index (χ3n) is 13.8. The first kappa shape index (κ1) is 51.4. The average Bonchev–Trinajstić information content (AvgIpc) is 3.38. The Morgan fingerprint density at radius 1 is 0.444 bits per heavy atom. The van der Waals surface area contributed by atoms with Crippen molar-refractivity contribution >= 4 is 98.4 Å². The van der Waals surface area contributed by atoms with Crippen LogP contribution in [0.15, 0.2) is 203 Å². The zero-order valence-electron chi connectivity index (χ0n) is 40.7. The molecule has 2 aromatic heterocycles. The summed E-state index contributed by atoms with van der Waals surface area (Å²) in [6, 6.07) is 65.2. The van der Waals surface area contributed by atoms with Gasteiger partial charge in [0.2, 0.25) is 0 Å². The SMILES string of the molecule is CN(C)CC[C@@](O)(c1cccc2ccccc12)[C@@H](c1ccccc1)c1cc2cc(Br)ccc2nc1Cl.CN(C)CC[C@](O)(c1cccc2ccccc12)[C@H](c1ccccc1)c1cc2cc(Br)ccc2nc1Cl. The van der Waals surface area contributed by atoms with Gasteiger partial charge in [0.15, 0.2) is 0 Å². The zero-order valence-corrected chi connectivity index (χ0v) is 45.3. The lowest BCUT2D eigenvalue weighted by atomic mass is 9.71. The predicted molar refractivity (Wildman–Crippen MR) is 308 cm³/mol. The lowest BCUT2D eigenvalue weighted by molar-refractivity contribution is 0.00554. The Bertz CT molecular complexity index is 3270. The fourth-order valence-corrected chi connectivity index (χ4v) is 11.5. The molecule has 0 radical (unpaired) electrons. The smallest absolute Gasteiger partial charge is 0.133 e. The molecule has 72 heavy (non-hydrogen) atoms. The van der Waals surface area contributed by atoms with E-state index < -0.39 is 23.0 Å². The van der Waals surface area contributed by atoms with Crippen LogP contribution < -0.4 is 0 Å². The number of halogens is 4. The van der Waals surface area contributed by atoms with E-state index in [4.69, 9.17) is 33.2 Å². The van der Waals surface area contributed by atoms with Gasteiger partial charge in [-0.05, 0) is 133 Å². The summed E-state index contributed by atoms with van der Waals surface area (Å²) in [4.78, 5) is 13.7. The van der Waals surface area contributed by atoms with Crippen LogP contribution in [0, 0.1) is 0 Å². The number of fused-ring (bicyclic) bond motifs is 4. The van der Waals surface area contributed by atoms with E-state index in [1.54, 1.807) is 0 Å². The van der Waals surface area contributed by atoms with Crippen LogP contribution in [0.5, 0.6) is 0 Å². The highest BCUT2D eigenvalue weighted by Gasteiger charge is 2.44. The third kappa shape index (κ3) is 10.9. The summed E-state index contributed by atoms with van der Waals surface area (Å²) in [7, 11) is 8.12. The van der Waals surface area contributed by atoms with Crippen molar-refractivity contribution in [3.05, 3.63) is 247 Å². The Balaban J connectivity index is 0.000000178. The highest BCUT2D eigenvalue weighted by Crippen LogP contribution is 2.50. The molecular formula is C62H56Br2Cl2N4O2. The van der Waals surface area contributed by atoms with E-state index in [1.165, 1.54) is 0 Å². The van der Waals surface area contributed by atoms with Crippen LogP contribution in [0.3, 0.4) is 0 Å². The van der Waals surface area contributed by atoms with Crippen LogP contribution in [0.2, 0.25) is 10.3 Å².